The molecule has 12 nitrogen and oxygen atoms in total. The SMILES string of the molecule is COC(=O)C(C)(C(=O)c1ccccc1)C1C(C(C)(C)O)C(=O)N1C(O)C(=O)OCc1ccc([N+](=O)[O-])cc1. The quantitative estimate of drug-likeness (QED) is 0.115. The molecule has 4 atom stereocenters. The summed E-state index contributed by atoms with van der Waals surface area (Å²) in [5.74, 6) is -5.27. The molecule has 0 spiro atoms. The summed E-state index contributed by atoms with van der Waals surface area (Å²) in [5, 5.41) is 32.4. The van der Waals surface area contributed by atoms with Crippen molar-refractivity contribution in [2.24, 2.45) is 11.3 Å². The lowest BCUT2D eigenvalue weighted by molar-refractivity contribution is -0.384. The number of hydrogen-bond acceptors (Lipinski definition) is 10. The van der Waals surface area contributed by atoms with Gasteiger partial charge in [-0.25, -0.2) is 4.79 Å². The van der Waals surface area contributed by atoms with Gasteiger partial charge < -0.3 is 24.6 Å². The largest absolute Gasteiger partial charge is 0.468 e. The van der Waals surface area contributed by atoms with Crippen LogP contribution in [-0.2, 0) is 30.5 Å². The monoisotopic (exact) mass is 528 g/mol. The predicted octanol–water partition coefficient (Wildman–Crippen LogP) is 1.62. The maximum atomic E-state index is 13.6. The van der Waals surface area contributed by atoms with E-state index in [1.54, 1.807) is 18.2 Å². The number of nitro groups is 1. The molecule has 12 heteroatoms. The highest BCUT2D eigenvalue weighted by molar-refractivity contribution is 6.14. The molecule has 1 heterocycles. The van der Waals surface area contributed by atoms with Gasteiger partial charge >= 0.3 is 11.9 Å². The first-order chi connectivity index (χ1) is 17.7. The summed E-state index contributed by atoms with van der Waals surface area (Å²) >= 11 is 0. The van der Waals surface area contributed by atoms with Crippen molar-refractivity contribution in [3.05, 3.63) is 75.8 Å². The zero-order chi connectivity index (χ0) is 28.4. The Balaban J connectivity index is 1.93. The number of methoxy groups -OCH3 is 1. The van der Waals surface area contributed by atoms with Crippen LogP contribution in [0.5, 0.6) is 0 Å². The number of β-lactam (4-membered cyclic amide) rings is 1. The number of esters is 2. The molecule has 2 N–H and O–H groups in total. The van der Waals surface area contributed by atoms with Crippen LogP contribution < -0.4 is 0 Å². The highest BCUT2D eigenvalue weighted by Gasteiger charge is 2.68. The van der Waals surface area contributed by atoms with Gasteiger partial charge in [0.2, 0.25) is 12.1 Å². The first-order valence-corrected chi connectivity index (χ1v) is 11.6. The molecule has 1 fully saturated rings. The van der Waals surface area contributed by atoms with Gasteiger partial charge in [-0.1, -0.05) is 30.3 Å². The molecule has 1 amide bonds. The van der Waals surface area contributed by atoms with E-state index in [2.05, 4.69) is 0 Å². The standard InChI is InChI=1S/C26H28N2O10/c1-25(2,34)18-19(26(3,24(33)37-4)20(29)16-8-6-5-7-9-16)27(21(18)30)22(31)23(32)38-14-15-10-12-17(13-11-15)28(35)36/h5-13,18-19,22,31,34H,14H2,1-4H3. The summed E-state index contributed by atoms with van der Waals surface area (Å²) in [6, 6.07) is 11.4. The Hall–Kier alpha value is -4.16. The number of carbonyl (C=O) groups is 4. The van der Waals surface area contributed by atoms with Gasteiger partial charge in [-0.3, -0.25) is 24.5 Å². The van der Waals surface area contributed by atoms with E-state index in [-0.39, 0.29) is 17.9 Å². The fraction of sp³-hybridized carbons (Fsp3) is 0.385. The van der Waals surface area contributed by atoms with Gasteiger partial charge in [0.25, 0.3) is 5.69 Å². The third-order valence-corrected chi connectivity index (χ3v) is 6.61. The normalized spacial score (nSPS) is 19.5. The van der Waals surface area contributed by atoms with Crippen molar-refractivity contribution in [1.82, 2.24) is 4.90 Å². The molecule has 2 aromatic carbocycles. The highest BCUT2D eigenvalue weighted by Crippen LogP contribution is 2.47. The Morgan fingerprint density at radius 3 is 2.16 bits per heavy atom. The smallest absolute Gasteiger partial charge is 0.356 e. The van der Waals surface area contributed by atoms with E-state index in [1.165, 1.54) is 57.2 Å². The molecular formula is C26H28N2O10. The van der Waals surface area contributed by atoms with E-state index in [9.17, 15) is 39.5 Å². The number of rotatable bonds is 10. The molecule has 0 bridgehead atoms. The maximum Gasteiger partial charge on any atom is 0.356 e. The molecule has 0 aromatic heterocycles. The molecule has 0 aliphatic carbocycles. The van der Waals surface area contributed by atoms with E-state index in [1.807, 2.05) is 0 Å². The minimum Gasteiger partial charge on any atom is -0.468 e. The molecule has 1 aliphatic rings. The van der Waals surface area contributed by atoms with Crippen LogP contribution in [0.1, 0.15) is 36.7 Å². The number of nitro benzene ring substituents is 1. The van der Waals surface area contributed by atoms with Crippen LogP contribution in [0.3, 0.4) is 0 Å². The highest BCUT2D eigenvalue weighted by atomic mass is 16.6. The number of non-ortho nitro benzene ring substituents is 1. The van der Waals surface area contributed by atoms with Crippen LogP contribution >= 0.6 is 0 Å². The molecule has 4 unspecified atom stereocenters. The average molecular weight is 529 g/mol. The van der Waals surface area contributed by atoms with Crippen LogP contribution in [-0.4, -0.2) is 68.6 Å². The Bertz CT molecular complexity index is 1240. The number of aliphatic hydroxyl groups is 2. The van der Waals surface area contributed by atoms with E-state index >= 15 is 0 Å². The van der Waals surface area contributed by atoms with Gasteiger partial charge in [-0.2, -0.15) is 0 Å². The lowest BCUT2D eigenvalue weighted by Crippen LogP contribution is -2.77. The number of likely N-dealkylation sites (tertiary alicyclic amines) is 1. The van der Waals surface area contributed by atoms with Crippen molar-refractivity contribution < 1.29 is 43.8 Å². The fourth-order valence-electron chi connectivity index (χ4n) is 4.59. The third-order valence-electron chi connectivity index (χ3n) is 6.61. The van der Waals surface area contributed by atoms with Crippen molar-refractivity contribution in [2.75, 3.05) is 7.11 Å². The number of Topliss-reactive ketones (excluding diaryl/α,β-unsaturated/α-hetero) is 1. The van der Waals surface area contributed by atoms with Crippen LogP contribution in [0.25, 0.3) is 0 Å². The number of ether oxygens (including phenoxy) is 2. The topological polar surface area (TPSA) is 174 Å². The zero-order valence-electron chi connectivity index (χ0n) is 21.2. The number of ketones is 1. The lowest BCUT2D eigenvalue weighted by Gasteiger charge is -2.57. The Morgan fingerprint density at radius 2 is 1.66 bits per heavy atom. The molecule has 1 aliphatic heterocycles. The van der Waals surface area contributed by atoms with Crippen molar-refractivity contribution in [3.63, 3.8) is 0 Å². The molecule has 202 valence electrons. The summed E-state index contributed by atoms with van der Waals surface area (Å²) in [6.07, 6.45) is -2.23. The zero-order valence-corrected chi connectivity index (χ0v) is 21.2. The van der Waals surface area contributed by atoms with E-state index < -0.39 is 57.8 Å². The molecule has 0 radical (unpaired) electrons. The van der Waals surface area contributed by atoms with Gasteiger partial charge in [-0.05, 0) is 38.5 Å². The van der Waals surface area contributed by atoms with E-state index in [0.29, 0.717) is 10.5 Å². The summed E-state index contributed by atoms with van der Waals surface area (Å²) in [6.45, 7) is 3.46. The minimum absolute atomic E-state index is 0.115. The Kier molecular flexibility index (Phi) is 7.98. The number of hydrogen-bond donors (Lipinski definition) is 2. The number of aliphatic hydroxyl groups excluding tert-OH is 1. The van der Waals surface area contributed by atoms with E-state index in [0.717, 1.165) is 7.11 Å². The predicted molar refractivity (Wildman–Crippen MR) is 130 cm³/mol. The summed E-state index contributed by atoms with van der Waals surface area (Å²) < 4.78 is 10.00. The lowest BCUT2D eigenvalue weighted by atomic mass is 9.61. The number of amides is 1. The fourth-order valence-corrected chi connectivity index (χ4v) is 4.59. The first-order valence-electron chi connectivity index (χ1n) is 11.6. The van der Waals surface area contributed by atoms with Gasteiger partial charge in [0.15, 0.2) is 5.78 Å². The molecule has 3 rings (SSSR count). The van der Waals surface area contributed by atoms with Crippen molar-refractivity contribution in [2.45, 2.75) is 45.2 Å². The second kappa shape index (κ2) is 10.7. The number of carbonyl (C=O) groups excluding carboxylic acids is 4. The Labute approximate surface area is 217 Å². The van der Waals surface area contributed by atoms with Crippen molar-refractivity contribution in [3.8, 4) is 0 Å². The average Bonchev–Trinajstić information content (AvgIpc) is 2.88. The first kappa shape index (κ1) is 28.4. The summed E-state index contributed by atoms with van der Waals surface area (Å²) in [4.78, 5) is 63.4. The van der Waals surface area contributed by atoms with Crippen LogP contribution in [0.2, 0.25) is 0 Å². The second-order valence-electron chi connectivity index (χ2n) is 9.62. The van der Waals surface area contributed by atoms with Crippen molar-refractivity contribution in [1.29, 1.82) is 0 Å². The van der Waals surface area contributed by atoms with Crippen LogP contribution in [0.15, 0.2) is 54.6 Å². The molecule has 38 heavy (non-hydrogen) atoms. The van der Waals surface area contributed by atoms with Crippen LogP contribution in [0, 0.1) is 21.4 Å². The van der Waals surface area contributed by atoms with Crippen LogP contribution in [0.4, 0.5) is 5.69 Å². The summed E-state index contributed by atoms with van der Waals surface area (Å²) in [5.41, 5.74) is -3.54. The molecule has 1 saturated heterocycles. The minimum atomic E-state index is -2.23. The van der Waals surface area contributed by atoms with Crippen molar-refractivity contribution >= 4 is 29.3 Å². The van der Waals surface area contributed by atoms with Gasteiger partial charge in [0, 0.05) is 17.7 Å². The number of nitrogens with zero attached hydrogens (tertiary/aromatic N) is 2. The summed E-state index contributed by atoms with van der Waals surface area (Å²) in [7, 11) is 1.05. The van der Waals surface area contributed by atoms with E-state index in [4.69, 9.17) is 9.47 Å². The molecule has 2 aromatic rings. The second-order valence-corrected chi connectivity index (χ2v) is 9.62. The third kappa shape index (κ3) is 5.13. The maximum absolute atomic E-state index is 13.6. The van der Waals surface area contributed by atoms with Gasteiger partial charge in [0.1, 0.15) is 12.0 Å². The Morgan fingerprint density at radius 1 is 1.08 bits per heavy atom. The van der Waals surface area contributed by atoms with Gasteiger partial charge in [0.05, 0.1) is 29.6 Å². The van der Waals surface area contributed by atoms with Gasteiger partial charge in [-0.15, -0.1) is 0 Å². The number of benzene rings is 2. The molecular weight excluding hydrogens is 500 g/mol. The molecule has 0 saturated carbocycles.